The Morgan fingerprint density at radius 2 is 1.77 bits per heavy atom. The van der Waals surface area contributed by atoms with Crippen molar-refractivity contribution in [1.82, 2.24) is 5.32 Å². The lowest BCUT2D eigenvalue weighted by Gasteiger charge is -2.34. The van der Waals surface area contributed by atoms with E-state index in [9.17, 15) is 9.90 Å². The van der Waals surface area contributed by atoms with E-state index < -0.39 is 5.97 Å². The molecule has 0 amide bonds. The van der Waals surface area contributed by atoms with Crippen LogP contribution in [-0.4, -0.2) is 23.7 Å². The lowest BCUT2D eigenvalue weighted by Crippen LogP contribution is -2.37. The number of fused-ring (bicyclic) bond motifs is 2. The summed E-state index contributed by atoms with van der Waals surface area (Å²) in [7, 11) is 0. The predicted octanol–water partition coefficient (Wildman–Crippen LogP) is 6.79. The molecule has 35 heavy (non-hydrogen) atoms. The van der Waals surface area contributed by atoms with Crippen molar-refractivity contribution >= 4 is 16.7 Å². The number of carboxylic acid groups (broad SMARTS) is 1. The van der Waals surface area contributed by atoms with Gasteiger partial charge in [0.05, 0.1) is 5.56 Å². The number of carboxylic acids is 1. The monoisotopic (exact) mass is 465 g/mol. The zero-order chi connectivity index (χ0) is 24.5. The van der Waals surface area contributed by atoms with Crippen LogP contribution in [0.4, 0.5) is 0 Å². The van der Waals surface area contributed by atoms with Crippen molar-refractivity contribution in [2.24, 2.45) is 0 Å². The zero-order valence-electron chi connectivity index (χ0n) is 20.4. The second-order valence-electron chi connectivity index (χ2n) is 9.58. The van der Waals surface area contributed by atoms with Gasteiger partial charge in [0, 0.05) is 24.1 Å². The van der Waals surface area contributed by atoms with Crippen LogP contribution in [0.5, 0.6) is 5.75 Å². The summed E-state index contributed by atoms with van der Waals surface area (Å²) in [4.78, 5) is 11.9. The van der Waals surface area contributed by atoms with Gasteiger partial charge in [0.1, 0.15) is 11.9 Å². The summed E-state index contributed by atoms with van der Waals surface area (Å²) in [5.74, 6) is 0.0791. The average molecular weight is 466 g/mol. The van der Waals surface area contributed by atoms with Crippen molar-refractivity contribution in [3.05, 3.63) is 112 Å². The number of carbonyl (C=O) groups is 1. The molecule has 178 valence electrons. The Morgan fingerprint density at radius 3 is 2.60 bits per heavy atom. The highest BCUT2D eigenvalue weighted by molar-refractivity contribution is 5.90. The highest BCUT2D eigenvalue weighted by atomic mass is 16.5. The standard InChI is InChI=1S/C31H31NO3/c1-19-15-23(16-28(20(19)2)31(33)34)29-17-24(35-30-14-7-6-12-27(29)30)18-32-21(3)25-13-8-10-22-9-4-5-11-26(22)25/h4-16,21,24,29,32H,17-18H2,1-3H3,(H,33,34)/t21-,24+,29-/m1/s1. The van der Waals surface area contributed by atoms with Crippen LogP contribution >= 0.6 is 0 Å². The normalized spacial score (nSPS) is 18.0. The Bertz CT molecular complexity index is 1390. The zero-order valence-corrected chi connectivity index (χ0v) is 20.4. The van der Waals surface area contributed by atoms with Crippen LogP contribution in [0.2, 0.25) is 0 Å². The molecule has 0 saturated carbocycles. The molecular weight excluding hydrogens is 434 g/mol. The van der Waals surface area contributed by atoms with Crippen LogP contribution in [0.3, 0.4) is 0 Å². The molecule has 1 aliphatic rings. The first kappa shape index (κ1) is 23.1. The Balaban J connectivity index is 1.41. The molecule has 0 bridgehead atoms. The van der Waals surface area contributed by atoms with Gasteiger partial charge in [0.25, 0.3) is 0 Å². The number of benzene rings is 4. The maximum absolute atomic E-state index is 11.9. The third-order valence-electron chi connectivity index (χ3n) is 7.35. The van der Waals surface area contributed by atoms with E-state index in [0.29, 0.717) is 12.1 Å². The number of ether oxygens (including phenoxy) is 1. The topological polar surface area (TPSA) is 58.6 Å². The van der Waals surface area contributed by atoms with Gasteiger partial charge in [-0.2, -0.15) is 0 Å². The lowest BCUT2D eigenvalue weighted by molar-refractivity contribution is 0.0696. The molecule has 4 aromatic rings. The SMILES string of the molecule is Cc1cc([C@H]2C[C@@H](CN[C@H](C)c3cccc4ccccc34)Oc3ccccc32)cc(C(=O)O)c1C. The largest absolute Gasteiger partial charge is 0.489 e. The highest BCUT2D eigenvalue weighted by Crippen LogP contribution is 2.41. The summed E-state index contributed by atoms with van der Waals surface area (Å²) < 4.78 is 6.41. The molecule has 4 aromatic carbocycles. The molecule has 1 heterocycles. The molecule has 0 aliphatic carbocycles. The van der Waals surface area contributed by atoms with Gasteiger partial charge in [-0.3, -0.25) is 0 Å². The minimum atomic E-state index is -0.880. The summed E-state index contributed by atoms with van der Waals surface area (Å²) in [6.07, 6.45) is 0.760. The Kier molecular flexibility index (Phi) is 6.31. The van der Waals surface area contributed by atoms with E-state index in [1.165, 1.54) is 16.3 Å². The van der Waals surface area contributed by atoms with Gasteiger partial charge >= 0.3 is 5.97 Å². The van der Waals surface area contributed by atoms with E-state index in [-0.39, 0.29) is 18.1 Å². The van der Waals surface area contributed by atoms with Crippen molar-refractivity contribution in [2.75, 3.05) is 6.54 Å². The fourth-order valence-corrected chi connectivity index (χ4v) is 5.29. The molecule has 3 atom stereocenters. The van der Waals surface area contributed by atoms with Gasteiger partial charge in [-0.25, -0.2) is 4.79 Å². The summed E-state index contributed by atoms with van der Waals surface area (Å²) >= 11 is 0. The van der Waals surface area contributed by atoms with E-state index in [2.05, 4.69) is 66.8 Å². The van der Waals surface area contributed by atoms with Crippen molar-refractivity contribution in [3.8, 4) is 5.75 Å². The molecule has 0 fully saturated rings. The first-order valence-corrected chi connectivity index (χ1v) is 12.2. The molecule has 4 heteroatoms. The number of rotatable bonds is 6. The first-order valence-electron chi connectivity index (χ1n) is 12.2. The second-order valence-corrected chi connectivity index (χ2v) is 9.58. The maximum Gasteiger partial charge on any atom is 0.335 e. The molecule has 0 aromatic heterocycles. The quantitative estimate of drug-likeness (QED) is 0.329. The van der Waals surface area contributed by atoms with Crippen LogP contribution in [0, 0.1) is 13.8 Å². The number of hydrogen-bond donors (Lipinski definition) is 2. The fourth-order valence-electron chi connectivity index (χ4n) is 5.29. The van der Waals surface area contributed by atoms with Crippen LogP contribution < -0.4 is 10.1 Å². The number of nitrogens with one attached hydrogen (secondary N) is 1. The molecule has 2 N–H and O–H groups in total. The first-order chi connectivity index (χ1) is 16.9. The number of para-hydroxylation sites is 1. The van der Waals surface area contributed by atoms with Crippen molar-refractivity contribution in [3.63, 3.8) is 0 Å². The van der Waals surface area contributed by atoms with E-state index >= 15 is 0 Å². The van der Waals surface area contributed by atoms with Crippen LogP contribution in [0.25, 0.3) is 10.8 Å². The van der Waals surface area contributed by atoms with E-state index in [4.69, 9.17) is 4.74 Å². The summed E-state index contributed by atoms with van der Waals surface area (Å²) in [5.41, 5.74) is 5.63. The van der Waals surface area contributed by atoms with Crippen molar-refractivity contribution in [1.29, 1.82) is 0 Å². The molecule has 1 aliphatic heterocycles. The number of aromatic carboxylic acids is 1. The average Bonchev–Trinajstić information content (AvgIpc) is 2.87. The van der Waals surface area contributed by atoms with Crippen LogP contribution in [-0.2, 0) is 0 Å². The van der Waals surface area contributed by atoms with E-state index in [0.717, 1.165) is 34.4 Å². The second kappa shape index (κ2) is 9.55. The van der Waals surface area contributed by atoms with E-state index in [1.807, 2.05) is 38.1 Å². The summed E-state index contributed by atoms with van der Waals surface area (Å²) in [6.45, 7) is 6.76. The number of aryl methyl sites for hydroxylation is 1. The Hall–Kier alpha value is -3.63. The minimum absolute atomic E-state index is 0.0257. The Labute approximate surface area is 206 Å². The molecule has 5 rings (SSSR count). The molecule has 0 spiro atoms. The smallest absolute Gasteiger partial charge is 0.335 e. The third-order valence-corrected chi connectivity index (χ3v) is 7.35. The van der Waals surface area contributed by atoms with Gasteiger partial charge in [-0.1, -0.05) is 66.7 Å². The van der Waals surface area contributed by atoms with Crippen molar-refractivity contribution in [2.45, 2.75) is 45.3 Å². The van der Waals surface area contributed by atoms with Gasteiger partial charge < -0.3 is 15.2 Å². The summed E-state index contributed by atoms with van der Waals surface area (Å²) in [6, 6.07) is 27.2. The van der Waals surface area contributed by atoms with Crippen molar-refractivity contribution < 1.29 is 14.6 Å². The molecule has 0 saturated heterocycles. The Morgan fingerprint density at radius 1 is 1.03 bits per heavy atom. The predicted molar refractivity (Wildman–Crippen MR) is 141 cm³/mol. The number of hydrogen-bond acceptors (Lipinski definition) is 3. The van der Waals surface area contributed by atoms with Gasteiger partial charge in [-0.15, -0.1) is 0 Å². The molecule has 0 radical (unpaired) electrons. The minimum Gasteiger partial charge on any atom is -0.489 e. The molecule has 0 unspecified atom stereocenters. The highest BCUT2D eigenvalue weighted by Gasteiger charge is 2.30. The van der Waals surface area contributed by atoms with Gasteiger partial charge in [0.15, 0.2) is 0 Å². The van der Waals surface area contributed by atoms with Gasteiger partial charge in [-0.05, 0) is 72.4 Å². The molecule has 4 nitrogen and oxygen atoms in total. The fraction of sp³-hybridized carbons (Fsp3) is 0.258. The summed E-state index contributed by atoms with van der Waals surface area (Å²) in [5, 5.41) is 16.0. The van der Waals surface area contributed by atoms with Crippen LogP contribution in [0.15, 0.2) is 78.9 Å². The van der Waals surface area contributed by atoms with Crippen LogP contribution in [0.1, 0.15) is 63.5 Å². The lowest BCUT2D eigenvalue weighted by atomic mass is 9.82. The third kappa shape index (κ3) is 4.54. The maximum atomic E-state index is 11.9. The van der Waals surface area contributed by atoms with E-state index in [1.54, 1.807) is 0 Å². The molecular formula is C31H31NO3. The van der Waals surface area contributed by atoms with Gasteiger partial charge in [0.2, 0.25) is 0 Å².